The third-order valence-electron chi connectivity index (χ3n) is 2.73. The van der Waals surface area contributed by atoms with Gasteiger partial charge in [0.25, 0.3) is 0 Å². The molecule has 0 aromatic carbocycles. The number of hydrogen-bond donors (Lipinski definition) is 1. The molecule has 0 radical (unpaired) electrons. The molecule has 16 heavy (non-hydrogen) atoms. The fourth-order valence-corrected chi connectivity index (χ4v) is 3.24. The van der Waals surface area contributed by atoms with Crippen molar-refractivity contribution in [3.05, 3.63) is 20.8 Å². The Kier molecular flexibility index (Phi) is 7.33. The highest BCUT2D eigenvalue weighted by molar-refractivity contribution is 9.10. The van der Waals surface area contributed by atoms with Gasteiger partial charge in [-0.2, -0.15) is 0 Å². The molecule has 1 aromatic rings. The van der Waals surface area contributed by atoms with E-state index in [-0.39, 0.29) is 0 Å². The van der Waals surface area contributed by atoms with Crippen molar-refractivity contribution >= 4 is 27.3 Å². The van der Waals surface area contributed by atoms with Crippen LogP contribution in [0.2, 0.25) is 0 Å². The molecule has 92 valence electrons. The molecular formula is C13H22BrNS. The zero-order valence-electron chi connectivity index (χ0n) is 10.3. The van der Waals surface area contributed by atoms with Crippen molar-refractivity contribution in [2.75, 3.05) is 0 Å². The Bertz CT molecular complexity index is 285. The second-order valence-corrected chi connectivity index (χ2v) is 6.15. The van der Waals surface area contributed by atoms with Crippen LogP contribution in [0.3, 0.4) is 0 Å². The van der Waals surface area contributed by atoms with Crippen molar-refractivity contribution < 1.29 is 0 Å². The van der Waals surface area contributed by atoms with E-state index in [0.29, 0.717) is 6.04 Å². The van der Waals surface area contributed by atoms with Gasteiger partial charge in [-0.1, -0.05) is 33.1 Å². The number of halogens is 1. The van der Waals surface area contributed by atoms with Gasteiger partial charge in [0, 0.05) is 27.3 Å². The molecule has 0 spiro atoms. The molecule has 0 saturated carbocycles. The zero-order valence-corrected chi connectivity index (χ0v) is 12.7. The highest BCUT2D eigenvalue weighted by atomic mass is 79.9. The van der Waals surface area contributed by atoms with Gasteiger partial charge < -0.3 is 5.32 Å². The van der Waals surface area contributed by atoms with Gasteiger partial charge in [-0.15, -0.1) is 11.3 Å². The topological polar surface area (TPSA) is 12.0 Å². The molecular weight excluding hydrogens is 282 g/mol. The minimum Gasteiger partial charge on any atom is -0.309 e. The van der Waals surface area contributed by atoms with Crippen LogP contribution in [0.1, 0.15) is 50.8 Å². The van der Waals surface area contributed by atoms with E-state index in [2.05, 4.69) is 46.5 Å². The van der Waals surface area contributed by atoms with E-state index < -0.39 is 0 Å². The molecule has 1 rings (SSSR count). The molecule has 0 fully saturated rings. The van der Waals surface area contributed by atoms with Crippen LogP contribution >= 0.6 is 27.3 Å². The van der Waals surface area contributed by atoms with E-state index in [1.807, 2.05) is 11.3 Å². The summed E-state index contributed by atoms with van der Waals surface area (Å²) in [5.74, 6) is 0. The third-order valence-corrected chi connectivity index (χ3v) is 4.43. The van der Waals surface area contributed by atoms with E-state index in [0.717, 1.165) is 6.54 Å². The maximum atomic E-state index is 3.67. The van der Waals surface area contributed by atoms with E-state index in [9.17, 15) is 0 Å². The molecule has 0 aliphatic carbocycles. The number of nitrogens with one attached hydrogen (secondary N) is 1. The number of thiophene rings is 1. The van der Waals surface area contributed by atoms with Crippen LogP contribution < -0.4 is 5.32 Å². The SMILES string of the molecule is CCCCC(CCC)NCc1cc(Br)cs1. The van der Waals surface area contributed by atoms with Gasteiger partial charge in [0.05, 0.1) is 0 Å². The molecule has 0 bridgehead atoms. The molecule has 0 aliphatic rings. The van der Waals surface area contributed by atoms with Crippen LogP contribution in [0, 0.1) is 0 Å². The Morgan fingerprint density at radius 1 is 1.31 bits per heavy atom. The first-order valence-corrected chi connectivity index (χ1v) is 7.89. The summed E-state index contributed by atoms with van der Waals surface area (Å²) in [4.78, 5) is 1.42. The lowest BCUT2D eigenvalue weighted by molar-refractivity contribution is 0.435. The van der Waals surface area contributed by atoms with Crippen LogP contribution in [0.25, 0.3) is 0 Å². The molecule has 1 atom stereocenters. The minimum atomic E-state index is 0.700. The Hall–Kier alpha value is 0.140. The summed E-state index contributed by atoms with van der Waals surface area (Å²) in [6.45, 7) is 5.55. The largest absolute Gasteiger partial charge is 0.309 e. The lowest BCUT2D eigenvalue weighted by Gasteiger charge is -2.17. The third kappa shape index (κ3) is 5.46. The van der Waals surface area contributed by atoms with Gasteiger partial charge in [0.15, 0.2) is 0 Å². The van der Waals surface area contributed by atoms with Crippen molar-refractivity contribution in [3.63, 3.8) is 0 Å². The fraction of sp³-hybridized carbons (Fsp3) is 0.692. The highest BCUT2D eigenvalue weighted by Gasteiger charge is 2.07. The van der Waals surface area contributed by atoms with E-state index >= 15 is 0 Å². The zero-order chi connectivity index (χ0) is 11.8. The summed E-state index contributed by atoms with van der Waals surface area (Å²) in [5, 5.41) is 5.83. The average molecular weight is 304 g/mol. The molecule has 3 heteroatoms. The van der Waals surface area contributed by atoms with Gasteiger partial charge in [0.1, 0.15) is 0 Å². The number of unbranched alkanes of at least 4 members (excludes halogenated alkanes) is 1. The molecule has 1 nitrogen and oxygen atoms in total. The molecule has 1 heterocycles. The number of hydrogen-bond acceptors (Lipinski definition) is 2. The summed E-state index contributed by atoms with van der Waals surface area (Å²) in [6.07, 6.45) is 6.52. The predicted molar refractivity (Wildman–Crippen MR) is 77.1 cm³/mol. The van der Waals surface area contributed by atoms with Gasteiger partial charge >= 0.3 is 0 Å². The molecule has 1 unspecified atom stereocenters. The van der Waals surface area contributed by atoms with Crippen molar-refractivity contribution in [2.45, 2.75) is 58.5 Å². The van der Waals surface area contributed by atoms with Crippen LogP contribution in [-0.4, -0.2) is 6.04 Å². The number of rotatable bonds is 8. The minimum absolute atomic E-state index is 0.700. The normalized spacial score (nSPS) is 12.9. The molecule has 0 aliphatic heterocycles. The van der Waals surface area contributed by atoms with E-state index in [4.69, 9.17) is 0 Å². The van der Waals surface area contributed by atoms with Crippen molar-refractivity contribution in [2.24, 2.45) is 0 Å². The fourth-order valence-electron chi connectivity index (χ4n) is 1.84. The highest BCUT2D eigenvalue weighted by Crippen LogP contribution is 2.20. The summed E-state index contributed by atoms with van der Waals surface area (Å²) < 4.78 is 1.20. The van der Waals surface area contributed by atoms with Crippen LogP contribution in [0.15, 0.2) is 15.9 Å². The lowest BCUT2D eigenvalue weighted by Crippen LogP contribution is -2.28. The van der Waals surface area contributed by atoms with E-state index in [1.54, 1.807) is 0 Å². The Labute approximate surface area is 112 Å². The summed E-state index contributed by atoms with van der Waals surface area (Å²) in [5.41, 5.74) is 0. The van der Waals surface area contributed by atoms with Gasteiger partial charge in [-0.3, -0.25) is 0 Å². The first-order chi connectivity index (χ1) is 7.76. The van der Waals surface area contributed by atoms with Crippen molar-refractivity contribution in [3.8, 4) is 0 Å². The molecule has 1 aromatic heterocycles. The lowest BCUT2D eigenvalue weighted by atomic mass is 10.1. The van der Waals surface area contributed by atoms with Crippen LogP contribution in [0.4, 0.5) is 0 Å². The second-order valence-electron chi connectivity index (χ2n) is 4.24. The standard InChI is InChI=1S/C13H22BrNS/c1-3-5-7-12(6-4-2)15-9-13-8-11(14)10-16-13/h8,10,12,15H,3-7,9H2,1-2H3. The summed E-state index contributed by atoms with van der Waals surface area (Å²) in [7, 11) is 0. The van der Waals surface area contributed by atoms with Crippen LogP contribution in [0.5, 0.6) is 0 Å². The molecule has 0 amide bonds. The van der Waals surface area contributed by atoms with Gasteiger partial charge in [-0.05, 0) is 34.8 Å². The first-order valence-electron chi connectivity index (χ1n) is 6.22. The van der Waals surface area contributed by atoms with Crippen molar-refractivity contribution in [1.82, 2.24) is 5.32 Å². The monoisotopic (exact) mass is 303 g/mol. The van der Waals surface area contributed by atoms with Crippen LogP contribution in [-0.2, 0) is 6.54 Å². The average Bonchev–Trinajstić information content (AvgIpc) is 2.68. The summed E-state index contributed by atoms with van der Waals surface area (Å²) >= 11 is 5.32. The predicted octanol–water partition coefficient (Wildman–Crippen LogP) is 4.96. The van der Waals surface area contributed by atoms with Gasteiger partial charge in [0.2, 0.25) is 0 Å². The molecule has 1 N–H and O–H groups in total. The second kappa shape index (κ2) is 8.26. The molecule has 0 saturated heterocycles. The first kappa shape index (κ1) is 14.2. The van der Waals surface area contributed by atoms with E-state index in [1.165, 1.54) is 41.5 Å². The Morgan fingerprint density at radius 3 is 2.69 bits per heavy atom. The smallest absolute Gasteiger partial charge is 0.0302 e. The quantitative estimate of drug-likeness (QED) is 0.716. The summed E-state index contributed by atoms with van der Waals surface area (Å²) in [6, 6.07) is 2.91. The van der Waals surface area contributed by atoms with Gasteiger partial charge in [-0.25, -0.2) is 0 Å². The maximum absolute atomic E-state index is 3.67. The maximum Gasteiger partial charge on any atom is 0.0302 e. The Morgan fingerprint density at radius 2 is 2.12 bits per heavy atom. The Balaban J connectivity index is 2.30. The van der Waals surface area contributed by atoms with Crippen molar-refractivity contribution in [1.29, 1.82) is 0 Å².